The third-order valence-corrected chi connectivity index (χ3v) is 4.24. The van der Waals surface area contributed by atoms with Crippen LogP contribution >= 0.6 is 0 Å². The van der Waals surface area contributed by atoms with E-state index in [9.17, 15) is 9.59 Å². The highest BCUT2D eigenvalue weighted by Crippen LogP contribution is 2.19. The highest BCUT2D eigenvalue weighted by Gasteiger charge is 2.11. The van der Waals surface area contributed by atoms with Crippen LogP contribution in [0.15, 0.2) is 72.9 Å². The maximum absolute atomic E-state index is 12.5. The van der Waals surface area contributed by atoms with Gasteiger partial charge in [0.15, 0.2) is 0 Å². The molecule has 2 N–H and O–H groups in total. The molecule has 0 spiro atoms. The van der Waals surface area contributed by atoms with Gasteiger partial charge in [0.2, 0.25) is 0 Å². The molecule has 1 heterocycles. The minimum atomic E-state index is -0.425. The Bertz CT molecular complexity index is 956. The Labute approximate surface area is 163 Å². The van der Waals surface area contributed by atoms with Gasteiger partial charge in [-0.1, -0.05) is 30.3 Å². The molecule has 1 amide bonds. The van der Waals surface area contributed by atoms with Crippen molar-refractivity contribution in [3.8, 4) is 0 Å². The standard InChI is InChI=1S/C22H21N3O3/c1-15(16-6-4-3-5-7-16)24-19-12-13-23-20(14-19)21(26)25-18-10-8-17(9-11-18)22(27)28-2/h3-15H,1-2H3,(H,23,24)(H,25,26). The number of benzene rings is 2. The van der Waals surface area contributed by atoms with E-state index in [2.05, 4.69) is 27.3 Å². The molecular weight excluding hydrogens is 354 g/mol. The Kier molecular flexibility index (Phi) is 6.01. The molecule has 0 aliphatic carbocycles. The molecule has 28 heavy (non-hydrogen) atoms. The maximum atomic E-state index is 12.5. The van der Waals surface area contributed by atoms with Gasteiger partial charge in [0.1, 0.15) is 5.69 Å². The van der Waals surface area contributed by atoms with Crippen LogP contribution in [0.25, 0.3) is 0 Å². The van der Waals surface area contributed by atoms with Crippen molar-refractivity contribution in [2.75, 3.05) is 17.7 Å². The first kappa shape index (κ1) is 19.1. The lowest BCUT2D eigenvalue weighted by molar-refractivity contribution is 0.0600. The van der Waals surface area contributed by atoms with Gasteiger partial charge in [-0.3, -0.25) is 9.78 Å². The molecule has 0 saturated carbocycles. The molecule has 0 saturated heterocycles. The van der Waals surface area contributed by atoms with Crippen LogP contribution in [-0.4, -0.2) is 24.0 Å². The first-order valence-corrected chi connectivity index (χ1v) is 8.84. The summed E-state index contributed by atoms with van der Waals surface area (Å²) >= 11 is 0. The van der Waals surface area contributed by atoms with Crippen LogP contribution < -0.4 is 10.6 Å². The number of nitrogens with one attached hydrogen (secondary N) is 2. The summed E-state index contributed by atoms with van der Waals surface area (Å²) in [6.07, 6.45) is 1.59. The van der Waals surface area contributed by atoms with Gasteiger partial charge in [0.05, 0.1) is 12.7 Å². The number of aromatic nitrogens is 1. The number of ether oxygens (including phenoxy) is 1. The quantitative estimate of drug-likeness (QED) is 0.628. The van der Waals surface area contributed by atoms with Crippen molar-refractivity contribution in [1.29, 1.82) is 0 Å². The summed E-state index contributed by atoms with van der Waals surface area (Å²) in [5, 5.41) is 6.15. The van der Waals surface area contributed by atoms with E-state index in [4.69, 9.17) is 0 Å². The summed E-state index contributed by atoms with van der Waals surface area (Å²) in [6.45, 7) is 2.05. The second kappa shape index (κ2) is 8.81. The van der Waals surface area contributed by atoms with E-state index in [1.165, 1.54) is 7.11 Å². The van der Waals surface area contributed by atoms with E-state index in [1.807, 2.05) is 36.4 Å². The summed E-state index contributed by atoms with van der Waals surface area (Å²) in [4.78, 5) is 28.1. The number of esters is 1. The van der Waals surface area contributed by atoms with Crippen LogP contribution in [0.5, 0.6) is 0 Å². The Balaban J connectivity index is 1.67. The normalized spacial score (nSPS) is 11.4. The Morgan fingerprint density at radius 2 is 1.68 bits per heavy atom. The predicted molar refractivity (Wildman–Crippen MR) is 108 cm³/mol. The van der Waals surface area contributed by atoms with Gasteiger partial charge in [0.25, 0.3) is 5.91 Å². The van der Waals surface area contributed by atoms with Crippen LogP contribution in [0.1, 0.15) is 39.4 Å². The number of hydrogen-bond donors (Lipinski definition) is 2. The highest BCUT2D eigenvalue weighted by atomic mass is 16.5. The van der Waals surface area contributed by atoms with E-state index in [-0.39, 0.29) is 11.9 Å². The topological polar surface area (TPSA) is 80.3 Å². The van der Waals surface area contributed by atoms with Crippen LogP contribution in [0.4, 0.5) is 11.4 Å². The average Bonchev–Trinajstić information content (AvgIpc) is 2.74. The van der Waals surface area contributed by atoms with Crippen molar-refractivity contribution in [3.05, 3.63) is 89.7 Å². The van der Waals surface area contributed by atoms with E-state index >= 15 is 0 Å². The molecule has 0 bridgehead atoms. The molecule has 0 aliphatic rings. The first-order valence-electron chi connectivity index (χ1n) is 8.84. The number of methoxy groups -OCH3 is 1. The molecule has 3 rings (SSSR count). The third-order valence-electron chi connectivity index (χ3n) is 4.24. The number of anilines is 2. The van der Waals surface area contributed by atoms with E-state index in [0.29, 0.717) is 16.9 Å². The molecular formula is C22H21N3O3. The van der Waals surface area contributed by atoms with Crippen molar-refractivity contribution in [3.63, 3.8) is 0 Å². The predicted octanol–water partition coefficient (Wildman–Crippen LogP) is 4.29. The third kappa shape index (κ3) is 4.73. The average molecular weight is 375 g/mol. The summed E-state index contributed by atoms with van der Waals surface area (Å²) in [7, 11) is 1.32. The van der Waals surface area contributed by atoms with Crippen LogP contribution in [0.2, 0.25) is 0 Å². The van der Waals surface area contributed by atoms with Gasteiger partial charge in [0, 0.05) is 23.6 Å². The van der Waals surface area contributed by atoms with Crippen molar-refractivity contribution < 1.29 is 14.3 Å². The molecule has 3 aromatic rings. The summed E-state index contributed by atoms with van der Waals surface area (Å²) in [5.74, 6) is -0.757. The molecule has 6 nitrogen and oxygen atoms in total. The fourth-order valence-electron chi connectivity index (χ4n) is 2.72. The zero-order valence-corrected chi connectivity index (χ0v) is 15.7. The lowest BCUT2D eigenvalue weighted by Crippen LogP contribution is -2.15. The van der Waals surface area contributed by atoms with Gasteiger partial charge in [-0.25, -0.2) is 4.79 Å². The highest BCUT2D eigenvalue weighted by molar-refractivity contribution is 6.03. The molecule has 0 fully saturated rings. The van der Waals surface area contributed by atoms with Crippen LogP contribution in [0, 0.1) is 0 Å². The number of amides is 1. The molecule has 6 heteroatoms. The van der Waals surface area contributed by atoms with Gasteiger partial charge < -0.3 is 15.4 Å². The monoisotopic (exact) mass is 375 g/mol. The molecule has 1 aromatic heterocycles. The van der Waals surface area contributed by atoms with Crippen molar-refractivity contribution in [2.45, 2.75) is 13.0 Å². The van der Waals surface area contributed by atoms with Crippen LogP contribution in [0.3, 0.4) is 0 Å². The fourth-order valence-corrected chi connectivity index (χ4v) is 2.72. The first-order chi connectivity index (χ1) is 13.6. The zero-order valence-electron chi connectivity index (χ0n) is 15.7. The molecule has 1 atom stereocenters. The largest absolute Gasteiger partial charge is 0.465 e. The number of hydrogen-bond acceptors (Lipinski definition) is 5. The Morgan fingerprint density at radius 3 is 2.36 bits per heavy atom. The maximum Gasteiger partial charge on any atom is 0.337 e. The number of rotatable bonds is 6. The van der Waals surface area contributed by atoms with Crippen molar-refractivity contribution >= 4 is 23.3 Å². The molecule has 0 aliphatic heterocycles. The van der Waals surface area contributed by atoms with E-state index in [0.717, 1.165) is 11.3 Å². The smallest absolute Gasteiger partial charge is 0.337 e. The summed E-state index contributed by atoms with van der Waals surface area (Å²) in [6, 6.07) is 20.1. The second-order valence-corrected chi connectivity index (χ2v) is 6.23. The van der Waals surface area contributed by atoms with Crippen molar-refractivity contribution in [1.82, 2.24) is 4.98 Å². The number of nitrogens with zero attached hydrogens (tertiary/aromatic N) is 1. The van der Waals surface area contributed by atoms with Gasteiger partial charge >= 0.3 is 5.97 Å². The lowest BCUT2D eigenvalue weighted by Gasteiger charge is -2.16. The van der Waals surface area contributed by atoms with E-state index in [1.54, 1.807) is 36.5 Å². The van der Waals surface area contributed by atoms with Crippen molar-refractivity contribution in [2.24, 2.45) is 0 Å². The minimum Gasteiger partial charge on any atom is -0.465 e. The molecule has 142 valence electrons. The van der Waals surface area contributed by atoms with Gasteiger partial charge in [-0.15, -0.1) is 0 Å². The Hall–Kier alpha value is -3.67. The zero-order chi connectivity index (χ0) is 19.9. The summed E-state index contributed by atoms with van der Waals surface area (Å²) in [5.41, 5.74) is 3.23. The second-order valence-electron chi connectivity index (χ2n) is 6.23. The van der Waals surface area contributed by atoms with Gasteiger partial charge in [-0.05, 0) is 48.9 Å². The molecule has 0 radical (unpaired) electrons. The molecule has 1 unspecified atom stereocenters. The van der Waals surface area contributed by atoms with Gasteiger partial charge in [-0.2, -0.15) is 0 Å². The lowest BCUT2D eigenvalue weighted by atomic mass is 10.1. The fraction of sp³-hybridized carbons (Fsp3) is 0.136. The summed E-state index contributed by atoms with van der Waals surface area (Å²) < 4.78 is 4.66. The van der Waals surface area contributed by atoms with E-state index < -0.39 is 5.97 Å². The number of carbonyl (C=O) groups is 2. The number of pyridine rings is 1. The SMILES string of the molecule is COC(=O)c1ccc(NC(=O)c2cc(NC(C)c3ccccc3)ccn2)cc1. The molecule has 2 aromatic carbocycles. The Morgan fingerprint density at radius 1 is 0.964 bits per heavy atom. The number of carbonyl (C=O) groups excluding carboxylic acids is 2. The minimum absolute atomic E-state index is 0.0883. The van der Waals surface area contributed by atoms with Crippen LogP contribution in [-0.2, 0) is 4.74 Å².